The van der Waals surface area contributed by atoms with Crippen molar-refractivity contribution >= 4 is 23.2 Å². The van der Waals surface area contributed by atoms with Gasteiger partial charge in [-0.2, -0.15) is 13.2 Å². The maximum Gasteiger partial charge on any atom is 0.451 e. The van der Waals surface area contributed by atoms with Gasteiger partial charge in [-0.05, 0) is 12.0 Å². The summed E-state index contributed by atoms with van der Waals surface area (Å²) in [5.74, 6) is -1.13. The molecule has 0 N–H and O–H groups in total. The Balaban J connectivity index is 1.82. The SMILES string of the molecule is FC(F)(F)c1ncc2c(n1)CN(Cc1c(Cl)ncnc1Cl)CC2. The average molecular weight is 364 g/mol. The highest BCUT2D eigenvalue weighted by atomic mass is 35.5. The summed E-state index contributed by atoms with van der Waals surface area (Å²) in [7, 11) is 0. The zero-order valence-electron chi connectivity index (χ0n) is 11.6. The van der Waals surface area contributed by atoms with E-state index in [2.05, 4.69) is 19.9 Å². The van der Waals surface area contributed by atoms with Gasteiger partial charge in [0.25, 0.3) is 0 Å². The molecule has 3 rings (SSSR count). The van der Waals surface area contributed by atoms with Gasteiger partial charge in [0.15, 0.2) is 0 Å². The van der Waals surface area contributed by atoms with Crippen LogP contribution in [0.3, 0.4) is 0 Å². The lowest BCUT2D eigenvalue weighted by atomic mass is 10.1. The van der Waals surface area contributed by atoms with Crippen LogP contribution in [0.5, 0.6) is 0 Å². The van der Waals surface area contributed by atoms with Gasteiger partial charge in [-0.25, -0.2) is 19.9 Å². The third-order valence-electron chi connectivity index (χ3n) is 3.50. The van der Waals surface area contributed by atoms with Crippen molar-refractivity contribution in [2.75, 3.05) is 6.54 Å². The predicted molar refractivity (Wildman–Crippen MR) is 76.9 cm³/mol. The number of fused-ring (bicyclic) bond motifs is 1. The fourth-order valence-corrected chi connectivity index (χ4v) is 2.79. The molecular weight excluding hydrogens is 354 g/mol. The van der Waals surface area contributed by atoms with Crippen LogP contribution in [0, 0.1) is 0 Å². The zero-order chi connectivity index (χ0) is 16.6. The maximum atomic E-state index is 12.7. The average Bonchev–Trinajstić information content (AvgIpc) is 2.49. The van der Waals surface area contributed by atoms with E-state index in [1.807, 2.05) is 4.90 Å². The summed E-state index contributed by atoms with van der Waals surface area (Å²) in [5, 5.41) is 0.462. The number of halogens is 5. The van der Waals surface area contributed by atoms with E-state index in [-0.39, 0.29) is 16.9 Å². The largest absolute Gasteiger partial charge is 0.451 e. The molecule has 5 nitrogen and oxygen atoms in total. The smallest absolute Gasteiger partial charge is 0.293 e. The Kier molecular flexibility index (Phi) is 4.39. The molecule has 0 saturated carbocycles. The van der Waals surface area contributed by atoms with E-state index in [1.54, 1.807) is 0 Å². The molecule has 2 aromatic heterocycles. The Morgan fingerprint density at radius 1 is 1.13 bits per heavy atom. The first-order chi connectivity index (χ1) is 10.8. The quantitative estimate of drug-likeness (QED) is 0.767. The molecular formula is C13H10Cl2F3N5. The summed E-state index contributed by atoms with van der Waals surface area (Å²) in [4.78, 5) is 16.7. The van der Waals surface area contributed by atoms with Gasteiger partial charge in [0.2, 0.25) is 5.82 Å². The van der Waals surface area contributed by atoms with Crippen LogP contribution in [0.4, 0.5) is 13.2 Å². The lowest BCUT2D eigenvalue weighted by Crippen LogP contribution is -2.32. The number of hydrogen-bond acceptors (Lipinski definition) is 5. The van der Waals surface area contributed by atoms with Crippen molar-refractivity contribution in [2.24, 2.45) is 0 Å². The summed E-state index contributed by atoms with van der Waals surface area (Å²) in [6.07, 6.45) is -1.51. The van der Waals surface area contributed by atoms with Crippen LogP contribution in [0.25, 0.3) is 0 Å². The fraction of sp³-hybridized carbons (Fsp3) is 0.385. The number of aromatic nitrogens is 4. The van der Waals surface area contributed by atoms with E-state index in [4.69, 9.17) is 23.2 Å². The van der Waals surface area contributed by atoms with Crippen LogP contribution < -0.4 is 0 Å². The second kappa shape index (κ2) is 6.18. The molecule has 3 heterocycles. The first kappa shape index (κ1) is 16.4. The van der Waals surface area contributed by atoms with Gasteiger partial charge in [-0.3, -0.25) is 4.90 Å². The molecule has 0 atom stereocenters. The molecule has 0 bridgehead atoms. The van der Waals surface area contributed by atoms with Crippen LogP contribution in [0.2, 0.25) is 10.3 Å². The highest BCUT2D eigenvalue weighted by Gasteiger charge is 2.35. The van der Waals surface area contributed by atoms with E-state index >= 15 is 0 Å². The third-order valence-corrected chi connectivity index (χ3v) is 4.15. The van der Waals surface area contributed by atoms with E-state index in [0.717, 1.165) is 5.56 Å². The predicted octanol–water partition coefficient (Wildman–Crippen LogP) is 3.15. The maximum absolute atomic E-state index is 12.7. The van der Waals surface area contributed by atoms with Gasteiger partial charge in [0.05, 0.1) is 5.69 Å². The van der Waals surface area contributed by atoms with E-state index in [0.29, 0.717) is 30.8 Å². The van der Waals surface area contributed by atoms with Gasteiger partial charge >= 0.3 is 6.18 Å². The molecule has 0 fully saturated rings. The molecule has 122 valence electrons. The molecule has 1 aliphatic heterocycles. The molecule has 10 heteroatoms. The Morgan fingerprint density at radius 3 is 2.48 bits per heavy atom. The minimum Gasteiger partial charge on any atom is -0.293 e. The van der Waals surface area contributed by atoms with E-state index in [9.17, 15) is 13.2 Å². The molecule has 23 heavy (non-hydrogen) atoms. The molecule has 0 radical (unpaired) electrons. The first-order valence-electron chi connectivity index (χ1n) is 6.64. The van der Waals surface area contributed by atoms with Crippen LogP contribution in [-0.4, -0.2) is 31.4 Å². The Morgan fingerprint density at radius 2 is 1.83 bits per heavy atom. The van der Waals surface area contributed by atoms with Gasteiger partial charge in [0, 0.05) is 31.4 Å². The summed E-state index contributed by atoms with van der Waals surface area (Å²) in [6, 6.07) is 0. The molecule has 0 aliphatic carbocycles. The summed E-state index contributed by atoms with van der Waals surface area (Å²) >= 11 is 12.0. The van der Waals surface area contributed by atoms with E-state index < -0.39 is 12.0 Å². The molecule has 0 unspecified atom stereocenters. The van der Waals surface area contributed by atoms with Crippen molar-refractivity contribution in [3.05, 3.63) is 45.5 Å². The van der Waals surface area contributed by atoms with Crippen molar-refractivity contribution < 1.29 is 13.2 Å². The number of nitrogens with zero attached hydrogens (tertiary/aromatic N) is 5. The molecule has 0 amide bonds. The van der Waals surface area contributed by atoms with Crippen molar-refractivity contribution in [1.82, 2.24) is 24.8 Å². The Labute approximate surface area is 139 Å². The molecule has 0 spiro atoms. The van der Waals surface area contributed by atoms with Gasteiger partial charge in [0.1, 0.15) is 16.6 Å². The van der Waals surface area contributed by atoms with Crippen LogP contribution in [0.1, 0.15) is 22.6 Å². The van der Waals surface area contributed by atoms with Crippen LogP contribution in [0.15, 0.2) is 12.5 Å². The highest BCUT2D eigenvalue weighted by Crippen LogP contribution is 2.29. The standard InChI is InChI=1S/C13H10Cl2F3N5/c14-10-8(11(15)21-6-20-10)4-23-2-1-7-3-19-12(13(16,17)18)22-9(7)5-23/h3,6H,1-2,4-5H2. The van der Waals surface area contributed by atoms with Gasteiger partial charge in [-0.1, -0.05) is 23.2 Å². The second-order valence-corrected chi connectivity index (χ2v) is 5.77. The van der Waals surface area contributed by atoms with Gasteiger partial charge in [-0.15, -0.1) is 0 Å². The van der Waals surface area contributed by atoms with Gasteiger partial charge < -0.3 is 0 Å². The summed E-state index contributed by atoms with van der Waals surface area (Å²) in [5.41, 5.74) is 1.63. The lowest BCUT2D eigenvalue weighted by Gasteiger charge is -2.28. The van der Waals surface area contributed by atoms with E-state index in [1.165, 1.54) is 12.5 Å². The topological polar surface area (TPSA) is 54.8 Å². The van der Waals surface area contributed by atoms with Crippen molar-refractivity contribution in [3.8, 4) is 0 Å². The first-order valence-corrected chi connectivity index (χ1v) is 7.39. The van der Waals surface area contributed by atoms with Crippen molar-refractivity contribution in [1.29, 1.82) is 0 Å². The Hall–Kier alpha value is -1.51. The molecule has 0 aromatic carbocycles. The normalized spacial score (nSPS) is 15.5. The fourth-order valence-electron chi connectivity index (χ4n) is 2.35. The highest BCUT2D eigenvalue weighted by molar-refractivity contribution is 6.34. The lowest BCUT2D eigenvalue weighted by molar-refractivity contribution is -0.145. The summed E-state index contributed by atoms with van der Waals surface area (Å²) in [6.45, 7) is 1.22. The van der Waals surface area contributed by atoms with Crippen LogP contribution >= 0.6 is 23.2 Å². The molecule has 1 aliphatic rings. The van der Waals surface area contributed by atoms with Crippen LogP contribution in [-0.2, 0) is 25.7 Å². The third kappa shape index (κ3) is 3.54. The number of hydrogen-bond donors (Lipinski definition) is 0. The Bertz CT molecular complexity index is 718. The zero-order valence-corrected chi connectivity index (χ0v) is 13.1. The van der Waals surface area contributed by atoms with Crippen molar-refractivity contribution in [2.45, 2.75) is 25.7 Å². The molecule has 0 saturated heterocycles. The number of rotatable bonds is 2. The minimum atomic E-state index is -4.56. The monoisotopic (exact) mass is 363 g/mol. The number of alkyl halides is 3. The second-order valence-electron chi connectivity index (χ2n) is 5.06. The minimum absolute atomic E-state index is 0.231. The molecule has 2 aromatic rings. The van der Waals surface area contributed by atoms with Crippen molar-refractivity contribution in [3.63, 3.8) is 0 Å². The summed E-state index contributed by atoms with van der Waals surface area (Å²) < 4.78 is 38.2.